The van der Waals surface area contributed by atoms with Crippen molar-refractivity contribution in [1.82, 2.24) is 20.6 Å². The van der Waals surface area contributed by atoms with E-state index in [0.717, 1.165) is 5.56 Å². The smallest absolute Gasteiger partial charge is 0.234 e. The van der Waals surface area contributed by atoms with Crippen LogP contribution in [0.15, 0.2) is 24.5 Å². The molecule has 2 heterocycles. The Bertz CT molecular complexity index is 1060. The van der Waals surface area contributed by atoms with E-state index in [1.165, 1.54) is 12.8 Å². The zero-order valence-electron chi connectivity index (χ0n) is 17.9. The Morgan fingerprint density at radius 1 is 1.12 bits per heavy atom. The lowest BCUT2D eigenvalue weighted by Gasteiger charge is -2.24. The van der Waals surface area contributed by atoms with Crippen molar-refractivity contribution in [2.75, 3.05) is 0 Å². The van der Waals surface area contributed by atoms with E-state index in [4.69, 9.17) is 23.2 Å². The summed E-state index contributed by atoms with van der Waals surface area (Å²) >= 11 is 12.9. The van der Waals surface area contributed by atoms with E-state index in [-0.39, 0.29) is 24.8 Å². The minimum atomic E-state index is -0.914. The molecule has 1 aliphatic carbocycles. The van der Waals surface area contributed by atoms with Crippen LogP contribution in [0.25, 0.3) is 0 Å². The first kappa shape index (κ1) is 22.7. The largest absolute Gasteiger partial charge is 0.351 e. The molecule has 1 saturated heterocycles. The number of halogens is 2. The van der Waals surface area contributed by atoms with Crippen LogP contribution in [0.1, 0.15) is 73.9 Å². The van der Waals surface area contributed by atoms with Gasteiger partial charge in [0.15, 0.2) is 0 Å². The Balaban J connectivity index is 1.44. The monoisotopic (exact) mass is 474 g/mol. The van der Waals surface area contributed by atoms with Gasteiger partial charge in [-0.05, 0) is 62.3 Å². The van der Waals surface area contributed by atoms with Gasteiger partial charge in [-0.25, -0.2) is 9.97 Å². The molecule has 1 saturated carbocycles. The van der Waals surface area contributed by atoms with Crippen molar-refractivity contribution >= 4 is 40.9 Å². The number of nitrogens with one attached hydrogen (secondary N) is 2. The van der Waals surface area contributed by atoms with Crippen LogP contribution in [0.5, 0.6) is 0 Å². The standard InChI is InChI=1S/C23H24Cl2N4O3/c1-23(2,21-26-10-14(11-27-21)13-3-4-13)22(32)28-9-12-7-16(24)19(17(25)8-12)15-5-6-18(30)29-20(15)31/h7-8,10-11,13,15H,3-6,9H2,1-2H3,(H,28,32)(H,29,30,31). The molecule has 1 aromatic heterocycles. The van der Waals surface area contributed by atoms with Gasteiger partial charge in [-0.1, -0.05) is 23.2 Å². The number of carbonyl (C=O) groups is 3. The van der Waals surface area contributed by atoms with Crippen molar-refractivity contribution in [2.45, 2.75) is 63.3 Å². The van der Waals surface area contributed by atoms with Gasteiger partial charge >= 0.3 is 0 Å². The summed E-state index contributed by atoms with van der Waals surface area (Å²) in [5.41, 5.74) is 1.40. The summed E-state index contributed by atoms with van der Waals surface area (Å²) < 4.78 is 0. The maximum Gasteiger partial charge on any atom is 0.234 e. The van der Waals surface area contributed by atoms with Crippen LogP contribution in [0, 0.1) is 0 Å². The first-order valence-corrected chi connectivity index (χ1v) is 11.3. The fourth-order valence-corrected chi connectivity index (χ4v) is 4.63. The molecule has 2 fully saturated rings. The van der Waals surface area contributed by atoms with Crippen LogP contribution < -0.4 is 10.6 Å². The molecule has 168 valence electrons. The third-order valence-corrected chi connectivity index (χ3v) is 6.65. The fraction of sp³-hybridized carbons (Fsp3) is 0.435. The lowest BCUT2D eigenvalue weighted by Crippen LogP contribution is -2.41. The first-order valence-electron chi connectivity index (χ1n) is 10.6. The molecule has 1 aromatic carbocycles. The highest BCUT2D eigenvalue weighted by Gasteiger charge is 2.34. The molecule has 2 aromatic rings. The second-order valence-corrected chi connectivity index (χ2v) is 9.71. The minimum absolute atomic E-state index is 0.206. The van der Waals surface area contributed by atoms with Crippen LogP contribution >= 0.6 is 23.2 Å². The summed E-state index contributed by atoms with van der Waals surface area (Å²) in [7, 11) is 0. The molecular formula is C23H24Cl2N4O3. The highest BCUT2D eigenvalue weighted by Crippen LogP contribution is 2.39. The molecule has 1 unspecified atom stereocenters. The Kier molecular flexibility index (Phi) is 6.23. The number of hydrogen-bond donors (Lipinski definition) is 2. The van der Waals surface area contributed by atoms with E-state index in [1.807, 2.05) is 12.4 Å². The molecule has 4 rings (SSSR count). The van der Waals surface area contributed by atoms with Crippen molar-refractivity contribution in [1.29, 1.82) is 0 Å². The summed E-state index contributed by atoms with van der Waals surface area (Å²) in [5, 5.41) is 5.87. The molecule has 1 aliphatic heterocycles. The molecule has 0 bridgehead atoms. The lowest BCUT2D eigenvalue weighted by atomic mass is 9.89. The molecule has 1 atom stereocenters. The van der Waals surface area contributed by atoms with Gasteiger partial charge in [0, 0.05) is 41.0 Å². The number of imide groups is 1. The van der Waals surface area contributed by atoms with E-state index in [0.29, 0.717) is 39.3 Å². The highest BCUT2D eigenvalue weighted by molar-refractivity contribution is 6.36. The molecule has 3 amide bonds. The molecule has 0 spiro atoms. The number of carbonyl (C=O) groups excluding carboxylic acids is 3. The summed E-state index contributed by atoms with van der Waals surface area (Å²) in [6, 6.07) is 3.36. The van der Waals surface area contributed by atoms with Crippen molar-refractivity contribution in [3.63, 3.8) is 0 Å². The normalized spacial score (nSPS) is 18.9. The van der Waals surface area contributed by atoms with Crippen molar-refractivity contribution in [3.05, 3.63) is 57.1 Å². The molecule has 7 nitrogen and oxygen atoms in total. The molecule has 9 heteroatoms. The molecule has 2 aliphatic rings. The van der Waals surface area contributed by atoms with Crippen LogP contribution in [0.3, 0.4) is 0 Å². The first-order chi connectivity index (χ1) is 15.2. The Morgan fingerprint density at radius 3 is 2.31 bits per heavy atom. The number of amides is 3. The number of hydrogen-bond acceptors (Lipinski definition) is 5. The number of rotatable bonds is 6. The summed E-state index contributed by atoms with van der Waals surface area (Å²) in [6.07, 6.45) is 6.54. The average Bonchev–Trinajstić information content (AvgIpc) is 3.58. The van der Waals surface area contributed by atoms with E-state index in [1.54, 1.807) is 26.0 Å². The van der Waals surface area contributed by atoms with E-state index in [2.05, 4.69) is 20.6 Å². The number of piperidine rings is 1. The zero-order chi connectivity index (χ0) is 23.0. The Morgan fingerprint density at radius 2 is 1.75 bits per heavy atom. The van der Waals surface area contributed by atoms with Crippen LogP contribution in [0.4, 0.5) is 0 Å². The van der Waals surface area contributed by atoms with Gasteiger partial charge in [-0.2, -0.15) is 0 Å². The van der Waals surface area contributed by atoms with Crippen LogP contribution in [-0.4, -0.2) is 27.7 Å². The van der Waals surface area contributed by atoms with E-state index in [9.17, 15) is 14.4 Å². The average molecular weight is 475 g/mol. The van der Waals surface area contributed by atoms with E-state index >= 15 is 0 Å². The van der Waals surface area contributed by atoms with Crippen LogP contribution in [-0.2, 0) is 26.3 Å². The molecular weight excluding hydrogens is 451 g/mol. The van der Waals surface area contributed by atoms with Gasteiger partial charge in [-0.15, -0.1) is 0 Å². The summed E-state index contributed by atoms with van der Waals surface area (Å²) in [6.45, 7) is 3.76. The Labute approximate surface area is 196 Å². The lowest BCUT2D eigenvalue weighted by molar-refractivity contribution is -0.134. The van der Waals surface area contributed by atoms with Gasteiger partial charge in [0.2, 0.25) is 17.7 Å². The fourth-order valence-electron chi connectivity index (χ4n) is 3.83. The maximum absolute atomic E-state index is 12.9. The molecule has 2 N–H and O–H groups in total. The molecule has 0 radical (unpaired) electrons. The maximum atomic E-state index is 12.9. The van der Waals surface area contributed by atoms with Gasteiger partial charge < -0.3 is 5.32 Å². The van der Waals surface area contributed by atoms with Crippen molar-refractivity contribution in [3.8, 4) is 0 Å². The highest BCUT2D eigenvalue weighted by atomic mass is 35.5. The predicted molar refractivity (Wildman–Crippen MR) is 120 cm³/mol. The van der Waals surface area contributed by atoms with Crippen molar-refractivity contribution < 1.29 is 14.4 Å². The summed E-state index contributed by atoms with van der Waals surface area (Å²) in [4.78, 5) is 45.3. The molecule has 32 heavy (non-hydrogen) atoms. The quantitative estimate of drug-likeness (QED) is 0.620. The SMILES string of the molecule is CC(C)(C(=O)NCc1cc(Cl)c(C2CCC(=O)NC2=O)c(Cl)c1)c1ncc(C2CC2)cn1. The second-order valence-electron chi connectivity index (χ2n) is 8.90. The third-order valence-electron chi connectivity index (χ3n) is 6.03. The third kappa shape index (κ3) is 4.64. The number of benzene rings is 1. The van der Waals surface area contributed by atoms with Crippen LogP contribution in [0.2, 0.25) is 10.0 Å². The second kappa shape index (κ2) is 8.79. The summed E-state index contributed by atoms with van der Waals surface area (Å²) in [5.74, 6) is -0.487. The van der Waals surface area contributed by atoms with Gasteiger partial charge in [0.05, 0.1) is 5.92 Å². The van der Waals surface area contributed by atoms with Gasteiger partial charge in [0.1, 0.15) is 11.2 Å². The van der Waals surface area contributed by atoms with Gasteiger partial charge in [0.25, 0.3) is 0 Å². The number of aromatic nitrogens is 2. The van der Waals surface area contributed by atoms with Gasteiger partial charge in [-0.3, -0.25) is 19.7 Å². The topological polar surface area (TPSA) is 101 Å². The number of nitrogens with zero attached hydrogens (tertiary/aromatic N) is 2. The van der Waals surface area contributed by atoms with Crippen molar-refractivity contribution in [2.24, 2.45) is 0 Å². The van der Waals surface area contributed by atoms with E-state index < -0.39 is 17.2 Å². The predicted octanol–water partition coefficient (Wildman–Crippen LogP) is 3.78. The minimum Gasteiger partial charge on any atom is -0.351 e. The zero-order valence-corrected chi connectivity index (χ0v) is 19.4. The Hall–Kier alpha value is -2.51.